The summed E-state index contributed by atoms with van der Waals surface area (Å²) in [5, 5.41) is 5.42. The SMILES string of the molecule is O=C(Nc1cc(C(F)(F)F)ccc1Oc1ccc(Br)cc1)NC1CCc2nc(-c3ccccc3)cn2C1. The van der Waals surface area contributed by atoms with E-state index in [1.54, 1.807) is 24.3 Å². The molecule has 0 aliphatic carbocycles. The first-order valence-corrected chi connectivity index (χ1v) is 12.4. The number of hydrogen-bond donors (Lipinski definition) is 2. The average molecular weight is 571 g/mol. The number of nitrogens with one attached hydrogen (secondary N) is 2. The van der Waals surface area contributed by atoms with Gasteiger partial charge >= 0.3 is 12.2 Å². The van der Waals surface area contributed by atoms with E-state index in [-0.39, 0.29) is 17.5 Å². The molecule has 2 heterocycles. The molecule has 0 saturated carbocycles. The van der Waals surface area contributed by atoms with Crippen molar-refractivity contribution in [2.24, 2.45) is 0 Å². The number of ether oxygens (including phenoxy) is 1. The number of amides is 2. The van der Waals surface area contributed by atoms with Gasteiger partial charge in [0.05, 0.1) is 16.9 Å². The van der Waals surface area contributed by atoms with Gasteiger partial charge in [0.25, 0.3) is 0 Å². The van der Waals surface area contributed by atoms with Crippen molar-refractivity contribution >= 4 is 27.6 Å². The largest absolute Gasteiger partial charge is 0.455 e. The zero-order valence-corrected chi connectivity index (χ0v) is 21.0. The number of alkyl halides is 3. The second kappa shape index (κ2) is 10.3. The molecule has 0 radical (unpaired) electrons. The minimum atomic E-state index is -4.57. The lowest BCUT2D eigenvalue weighted by atomic mass is 10.1. The van der Waals surface area contributed by atoms with Crippen LogP contribution in [0.25, 0.3) is 11.3 Å². The van der Waals surface area contributed by atoms with Gasteiger partial charge in [0.1, 0.15) is 11.6 Å². The highest BCUT2D eigenvalue weighted by Crippen LogP contribution is 2.37. The summed E-state index contributed by atoms with van der Waals surface area (Å²) in [4.78, 5) is 17.5. The molecule has 2 amide bonds. The number of carbonyl (C=O) groups is 1. The van der Waals surface area contributed by atoms with Gasteiger partial charge in [-0.3, -0.25) is 0 Å². The molecular formula is C27H22BrF3N4O2. The predicted molar refractivity (Wildman–Crippen MR) is 138 cm³/mol. The van der Waals surface area contributed by atoms with E-state index >= 15 is 0 Å². The Bertz CT molecular complexity index is 1410. The first-order valence-electron chi connectivity index (χ1n) is 11.6. The van der Waals surface area contributed by atoms with Gasteiger partial charge in [-0.1, -0.05) is 46.3 Å². The Kier molecular flexibility index (Phi) is 6.92. The summed E-state index contributed by atoms with van der Waals surface area (Å²) in [7, 11) is 0. The van der Waals surface area contributed by atoms with Crippen molar-refractivity contribution in [1.82, 2.24) is 14.9 Å². The smallest absolute Gasteiger partial charge is 0.416 e. The van der Waals surface area contributed by atoms with Gasteiger partial charge in [-0.25, -0.2) is 9.78 Å². The van der Waals surface area contributed by atoms with E-state index in [0.717, 1.165) is 33.7 Å². The summed E-state index contributed by atoms with van der Waals surface area (Å²) < 4.78 is 48.7. The maximum absolute atomic E-state index is 13.4. The summed E-state index contributed by atoms with van der Waals surface area (Å²) in [5.41, 5.74) is 0.898. The number of hydrogen-bond acceptors (Lipinski definition) is 3. The Labute approximate surface area is 219 Å². The maximum Gasteiger partial charge on any atom is 0.416 e. The first-order chi connectivity index (χ1) is 17.7. The number of imidazole rings is 1. The van der Waals surface area contributed by atoms with E-state index in [1.165, 1.54) is 6.07 Å². The van der Waals surface area contributed by atoms with Gasteiger partial charge in [0.15, 0.2) is 5.75 Å². The van der Waals surface area contributed by atoms with E-state index in [1.807, 2.05) is 41.1 Å². The average Bonchev–Trinajstić information content (AvgIpc) is 3.30. The number of halogens is 4. The molecule has 37 heavy (non-hydrogen) atoms. The van der Waals surface area contributed by atoms with Gasteiger partial charge in [-0.15, -0.1) is 0 Å². The van der Waals surface area contributed by atoms with E-state index in [9.17, 15) is 18.0 Å². The molecule has 3 aromatic carbocycles. The third kappa shape index (κ3) is 5.96. The van der Waals surface area contributed by atoms with E-state index in [2.05, 4.69) is 26.6 Å². The Balaban J connectivity index is 1.30. The van der Waals surface area contributed by atoms with Crippen molar-refractivity contribution in [2.45, 2.75) is 31.6 Å². The number of benzene rings is 3. The van der Waals surface area contributed by atoms with Gasteiger partial charge in [-0.2, -0.15) is 13.2 Å². The molecule has 10 heteroatoms. The van der Waals surface area contributed by atoms with Crippen LogP contribution in [0.2, 0.25) is 0 Å². The Morgan fingerprint density at radius 3 is 2.54 bits per heavy atom. The fraction of sp³-hybridized carbons (Fsp3) is 0.185. The molecule has 0 spiro atoms. The van der Waals surface area contributed by atoms with Crippen LogP contribution in [0.4, 0.5) is 23.7 Å². The summed E-state index contributed by atoms with van der Waals surface area (Å²) >= 11 is 3.33. The number of rotatable bonds is 5. The molecule has 1 aromatic heterocycles. The molecule has 1 aliphatic rings. The lowest BCUT2D eigenvalue weighted by Crippen LogP contribution is -2.43. The number of nitrogens with zero attached hydrogens (tertiary/aromatic N) is 2. The Morgan fingerprint density at radius 2 is 1.81 bits per heavy atom. The molecule has 6 nitrogen and oxygen atoms in total. The van der Waals surface area contributed by atoms with Crippen molar-refractivity contribution in [1.29, 1.82) is 0 Å². The lowest BCUT2D eigenvalue weighted by molar-refractivity contribution is -0.137. The number of carbonyl (C=O) groups excluding carboxylic acids is 1. The molecule has 0 fully saturated rings. The topological polar surface area (TPSA) is 68.2 Å². The van der Waals surface area contributed by atoms with Gasteiger partial charge in [-0.05, 0) is 48.9 Å². The molecule has 1 atom stereocenters. The second-order valence-corrected chi connectivity index (χ2v) is 9.58. The number of urea groups is 1. The summed E-state index contributed by atoms with van der Waals surface area (Å²) in [6.07, 6.45) is -1.29. The van der Waals surface area contributed by atoms with Crippen LogP contribution >= 0.6 is 15.9 Å². The highest BCUT2D eigenvalue weighted by Gasteiger charge is 2.32. The molecule has 1 aliphatic heterocycles. The fourth-order valence-electron chi connectivity index (χ4n) is 4.18. The monoisotopic (exact) mass is 570 g/mol. The zero-order valence-electron chi connectivity index (χ0n) is 19.4. The predicted octanol–water partition coefficient (Wildman–Crippen LogP) is 7.26. The third-order valence-electron chi connectivity index (χ3n) is 5.99. The van der Waals surface area contributed by atoms with Gasteiger partial charge in [0.2, 0.25) is 0 Å². The number of aromatic nitrogens is 2. The third-order valence-corrected chi connectivity index (χ3v) is 6.52. The summed E-state index contributed by atoms with van der Waals surface area (Å²) in [5.74, 6) is 1.44. The Hall–Kier alpha value is -3.79. The summed E-state index contributed by atoms with van der Waals surface area (Å²) in [6, 6.07) is 18.8. The molecule has 4 aromatic rings. The van der Waals surface area contributed by atoms with Crippen LogP contribution in [0.15, 0.2) is 83.5 Å². The van der Waals surface area contributed by atoms with Gasteiger partial charge < -0.3 is 19.9 Å². The van der Waals surface area contributed by atoms with Crippen molar-refractivity contribution in [3.63, 3.8) is 0 Å². The van der Waals surface area contributed by atoms with Crippen LogP contribution in [0.3, 0.4) is 0 Å². The quantitative estimate of drug-likeness (QED) is 0.265. The summed E-state index contributed by atoms with van der Waals surface area (Å²) in [6.45, 7) is 0.507. The van der Waals surface area contributed by atoms with Crippen LogP contribution in [0.1, 0.15) is 17.8 Å². The first kappa shape index (κ1) is 24.9. The molecule has 1 unspecified atom stereocenters. The van der Waals surface area contributed by atoms with E-state index in [0.29, 0.717) is 25.1 Å². The van der Waals surface area contributed by atoms with Crippen LogP contribution in [-0.4, -0.2) is 21.6 Å². The molecule has 5 rings (SSSR count). The van der Waals surface area contributed by atoms with Crippen LogP contribution in [-0.2, 0) is 19.1 Å². The normalized spacial score (nSPS) is 15.1. The minimum absolute atomic E-state index is 0.0827. The van der Waals surface area contributed by atoms with E-state index < -0.39 is 17.8 Å². The van der Waals surface area contributed by atoms with Crippen LogP contribution < -0.4 is 15.4 Å². The van der Waals surface area contributed by atoms with Crippen LogP contribution in [0, 0.1) is 0 Å². The second-order valence-electron chi connectivity index (χ2n) is 8.66. The van der Waals surface area contributed by atoms with Crippen LogP contribution in [0.5, 0.6) is 11.5 Å². The van der Waals surface area contributed by atoms with Crippen molar-refractivity contribution in [3.05, 3.63) is 94.9 Å². The van der Waals surface area contributed by atoms with Crippen molar-refractivity contribution in [2.75, 3.05) is 5.32 Å². The zero-order chi connectivity index (χ0) is 26.0. The molecular weight excluding hydrogens is 549 g/mol. The van der Waals surface area contributed by atoms with E-state index in [4.69, 9.17) is 9.72 Å². The minimum Gasteiger partial charge on any atom is -0.455 e. The molecule has 0 bridgehead atoms. The fourth-order valence-corrected chi connectivity index (χ4v) is 4.44. The maximum atomic E-state index is 13.4. The highest BCUT2D eigenvalue weighted by atomic mass is 79.9. The molecule has 2 N–H and O–H groups in total. The van der Waals surface area contributed by atoms with Crippen molar-refractivity contribution < 1.29 is 22.7 Å². The molecule has 0 saturated heterocycles. The highest BCUT2D eigenvalue weighted by molar-refractivity contribution is 9.10. The standard InChI is InChI=1S/C27H22BrF3N4O2/c28-19-7-10-21(11-8-19)37-24-12-6-18(27(29,30)31)14-22(24)34-26(36)32-20-9-13-25-33-23(16-35(25)15-20)17-4-2-1-3-5-17/h1-8,10-12,14,16,20H,9,13,15H2,(H2,32,34,36). The number of aryl methyl sites for hydroxylation is 1. The number of anilines is 1. The lowest BCUT2D eigenvalue weighted by Gasteiger charge is -2.25. The number of fused-ring (bicyclic) bond motifs is 1. The molecule has 190 valence electrons. The van der Waals surface area contributed by atoms with Crippen molar-refractivity contribution in [3.8, 4) is 22.8 Å². The van der Waals surface area contributed by atoms with Gasteiger partial charge in [0, 0.05) is 35.2 Å². The Morgan fingerprint density at radius 1 is 1.05 bits per heavy atom.